The molecule has 26 heavy (non-hydrogen) atoms. The van der Waals surface area contributed by atoms with Gasteiger partial charge in [-0.1, -0.05) is 35.6 Å². The Balaban J connectivity index is 0.00000196. The molecule has 0 bridgehead atoms. The maximum atomic E-state index is 5.96. The average molecular weight is 390 g/mol. The third-order valence-electron chi connectivity index (χ3n) is 4.75. The summed E-state index contributed by atoms with van der Waals surface area (Å²) in [6.45, 7) is 3.35. The first-order chi connectivity index (χ1) is 12.3. The van der Waals surface area contributed by atoms with E-state index in [-0.39, 0.29) is 12.4 Å². The van der Waals surface area contributed by atoms with Crippen LogP contribution < -0.4 is 10.5 Å². The summed E-state index contributed by atoms with van der Waals surface area (Å²) >= 11 is 1.58. The van der Waals surface area contributed by atoms with E-state index in [4.69, 9.17) is 10.5 Å². The number of likely N-dealkylation sites (tertiary alicyclic amines) is 1. The van der Waals surface area contributed by atoms with Crippen LogP contribution >= 0.6 is 23.7 Å². The standard InChI is InChI=1S/C20H23N3OS.ClH/c21-16-10-13-23(14-11-16)12-9-15-5-7-17(8-6-15)24-20-22-18-3-1-2-4-19(18)25-20;/h1-8,16H,9-14,21H2;1H. The zero-order valence-electron chi connectivity index (χ0n) is 14.6. The van der Waals surface area contributed by atoms with E-state index in [9.17, 15) is 0 Å². The van der Waals surface area contributed by atoms with Gasteiger partial charge in [-0.15, -0.1) is 12.4 Å². The molecule has 1 aliphatic heterocycles. The topological polar surface area (TPSA) is 51.4 Å². The molecule has 2 N–H and O–H groups in total. The fraction of sp³-hybridized carbons (Fsp3) is 0.350. The van der Waals surface area contributed by atoms with E-state index in [2.05, 4.69) is 28.1 Å². The lowest BCUT2D eigenvalue weighted by Gasteiger charge is -2.29. The SMILES string of the molecule is Cl.NC1CCN(CCc2ccc(Oc3nc4ccccc4s3)cc2)CC1. The summed E-state index contributed by atoms with van der Waals surface area (Å²) in [5.41, 5.74) is 8.29. The highest BCUT2D eigenvalue weighted by Crippen LogP contribution is 2.31. The summed E-state index contributed by atoms with van der Waals surface area (Å²) in [5, 5.41) is 0.693. The maximum absolute atomic E-state index is 5.96. The van der Waals surface area contributed by atoms with Crippen LogP contribution in [0.25, 0.3) is 10.2 Å². The number of hydrogen-bond acceptors (Lipinski definition) is 5. The normalized spacial score (nSPS) is 15.7. The Kier molecular flexibility index (Phi) is 6.48. The number of aromatic nitrogens is 1. The van der Waals surface area contributed by atoms with Gasteiger partial charge < -0.3 is 15.4 Å². The second kappa shape index (κ2) is 8.82. The molecule has 2 heterocycles. The van der Waals surface area contributed by atoms with Crippen LogP contribution in [0.2, 0.25) is 0 Å². The van der Waals surface area contributed by atoms with Crippen molar-refractivity contribution in [1.29, 1.82) is 0 Å². The fourth-order valence-corrected chi connectivity index (χ4v) is 4.02. The van der Waals surface area contributed by atoms with Crippen molar-refractivity contribution in [3.05, 3.63) is 54.1 Å². The molecule has 0 aliphatic carbocycles. The molecule has 1 aromatic heterocycles. The summed E-state index contributed by atoms with van der Waals surface area (Å²) in [4.78, 5) is 7.02. The van der Waals surface area contributed by atoms with Crippen LogP contribution in [0.4, 0.5) is 0 Å². The van der Waals surface area contributed by atoms with Gasteiger partial charge in [0.05, 0.1) is 10.2 Å². The summed E-state index contributed by atoms with van der Waals surface area (Å²) in [7, 11) is 0. The predicted molar refractivity (Wildman–Crippen MR) is 111 cm³/mol. The van der Waals surface area contributed by atoms with Crippen molar-refractivity contribution in [3.8, 4) is 10.9 Å². The number of hydrogen-bond donors (Lipinski definition) is 1. The number of para-hydroxylation sites is 1. The first-order valence-electron chi connectivity index (χ1n) is 8.86. The van der Waals surface area contributed by atoms with Gasteiger partial charge >= 0.3 is 0 Å². The lowest BCUT2D eigenvalue weighted by molar-refractivity contribution is 0.215. The monoisotopic (exact) mass is 389 g/mol. The van der Waals surface area contributed by atoms with Gasteiger partial charge in [0.25, 0.3) is 5.19 Å². The van der Waals surface area contributed by atoms with E-state index in [1.807, 2.05) is 30.3 Å². The van der Waals surface area contributed by atoms with Crippen molar-refractivity contribution in [3.63, 3.8) is 0 Å². The Labute approximate surface area is 164 Å². The molecule has 1 saturated heterocycles. The average Bonchev–Trinajstić information content (AvgIpc) is 3.05. The van der Waals surface area contributed by atoms with Crippen molar-refractivity contribution < 1.29 is 4.74 Å². The molecule has 138 valence electrons. The second-order valence-corrected chi connectivity index (χ2v) is 7.62. The minimum Gasteiger partial charge on any atom is -0.431 e. The number of halogens is 1. The van der Waals surface area contributed by atoms with E-state index in [0.29, 0.717) is 11.2 Å². The lowest BCUT2D eigenvalue weighted by atomic mass is 10.1. The molecule has 0 unspecified atom stereocenters. The molecule has 6 heteroatoms. The molecule has 0 spiro atoms. The number of ether oxygens (including phenoxy) is 1. The van der Waals surface area contributed by atoms with E-state index in [0.717, 1.165) is 54.9 Å². The number of benzene rings is 2. The third kappa shape index (κ3) is 4.74. The van der Waals surface area contributed by atoms with Gasteiger partial charge in [0.15, 0.2) is 0 Å². The highest BCUT2D eigenvalue weighted by molar-refractivity contribution is 7.20. The summed E-state index contributed by atoms with van der Waals surface area (Å²) < 4.78 is 7.06. The van der Waals surface area contributed by atoms with Crippen molar-refractivity contribution in [2.75, 3.05) is 19.6 Å². The van der Waals surface area contributed by atoms with Crippen molar-refractivity contribution in [2.24, 2.45) is 5.73 Å². The van der Waals surface area contributed by atoms with Crippen molar-refractivity contribution in [1.82, 2.24) is 9.88 Å². The fourth-order valence-electron chi connectivity index (χ4n) is 3.18. The molecule has 0 saturated carbocycles. The Hall–Kier alpha value is -1.66. The van der Waals surface area contributed by atoms with Crippen LogP contribution in [0.15, 0.2) is 48.5 Å². The van der Waals surface area contributed by atoms with Crippen LogP contribution in [-0.4, -0.2) is 35.6 Å². The van der Waals surface area contributed by atoms with Gasteiger partial charge in [0.2, 0.25) is 0 Å². The van der Waals surface area contributed by atoms with Gasteiger partial charge in [0, 0.05) is 12.6 Å². The molecule has 3 aromatic rings. The van der Waals surface area contributed by atoms with Crippen molar-refractivity contribution in [2.45, 2.75) is 25.3 Å². The van der Waals surface area contributed by atoms with Gasteiger partial charge in [0.1, 0.15) is 5.75 Å². The molecule has 0 amide bonds. The van der Waals surface area contributed by atoms with Gasteiger partial charge in [-0.2, -0.15) is 0 Å². The summed E-state index contributed by atoms with van der Waals surface area (Å²) in [5.74, 6) is 0.840. The predicted octanol–water partition coefficient (Wildman–Crippen LogP) is 4.48. The quantitative estimate of drug-likeness (QED) is 0.699. The third-order valence-corrected chi connectivity index (χ3v) is 5.67. The van der Waals surface area contributed by atoms with Crippen LogP contribution in [0, 0.1) is 0 Å². The highest BCUT2D eigenvalue weighted by atomic mass is 35.5. The largest absolute Gasteiger partial charge is 0.431 e. The van der Waals surface area contributed by atoms with E-state index in [1.54, 1.807) is 11.3 Å². The Morgan fingerprint density at radius 1 is 1.08 bits per heavy atom. The molecule has 1 fully saturated rings. The van der Waals surface area contributed by atoms with E-state index in [1.165, 1.54) is 5.56 Å². The Morgan fingerprint density at radius 3 is 2.54 bits per heavy atom. The van der Waals surface area contributed by atoms with Crippen LogP contribution in [0.5, 0.6) is 10.9 Å². The van der Waals surface area contributed by atoms with E-state index < -0.39 is 0 Å². The molecule has 4 nitrogen and oxygen atoms in total. The van der Waals surface area contributed by atoms with Crippen LogP contribution in [-0.2, 0) is 6.42 Å². The number of nitrogens with zero attached hydrogens (tertiary/aromatic N) is 2. The number of thiazole rings is 1. The first kappa shape index (κ1) is 19.1. The molecule has 0 radical (unpaired) electrons. The zero-order valence-corrected chi connectivity index (χ0v) is 16.3. The lowest BCUT2D eigenvalue weighted by Crippen LogP contribution is -2.40. The Morgan fingerprint density at radius 2 is 1.81 bits per heavy atom. The van der Waals surface area contributed by atoms with Gasteiger partial charge in [-0.05, 0) is 62.2 Å². The summed E-state index contributed by atoms with van der Waals surface area (Å²) in [6.07, 6.45) is 3.31. The smallest absolute Gasteiger partial charge is 0.279 e. The zero-order chi connectivity index (χ0) is 17.1. The molecule has 0 atom stereocenters. The minimum atomic E-state index is 0. The molecule has 4 rings (SSSR count). The van der Waals surface area contributed by atoms with Gasteiger partial charge in [-0.3, -0.25) is 0 Å². The molecular formula is C20H24ClN3OS. The highest BCUT2D eigenvalue weighted by Gasteiger charge is 2.15. The second-order valence-electron chi connectivity index (χ2n) is 6.62. The minimum absolute atomic E-state index is 0. The number of nitrogens with two attached hydrogens (primary N) is 1. The number of rotatable bonds is 5. The first-order valence-corrected chi connectivity index (χ1v) is 9.68. The molecular weight excluding hydrogens is 366 g/mol. The van der Waals surface area contributed by atoms with Crippen molar-refractivity contribution >= 4 is 34.0 Å². The van der Waals surface area contributed by atoms with E-state index >= 15 is 0 Å². The van der Waals surface area contributed by atoms with Crippen LogP contribution in [0.3, 0.4) is 0 Å². The number of piperidine rings is 1. The maximum Gasteiger partial charge on any atom is 0.279 e. The van der Waals surface area contributed by atoms with Gasteiger partial charge in [-0.25, -0.2) is 4.98 Å². The number of fused-ring (bicyclic) bond motifs is 1. The molecule has 1 aliphatic rings. The summed E-state index contributed by atoms with van der Waals surface area (Å²) in [6, 6.07) is 16.9. The Bertz CT molecular complexity index is 795. The van der Waals surface area contributed by atoms with Crippen LogP contribution in [0.1, 0.15) is 18.4 Å². The molecule has 2 aromatic carbocycles.